The van der Waals surface area contributed by atoms with Gasteiger partial charge in [0.05, 0.1) is 16.4 Å². The lowest BCUT2D eigenvalue weighted by Crippen LogP contribution is -2.29. The molecule has 1 heterocycles. The second-order valence-electron chi connectivity index (χ2n) is 4.60. The maximum absolute atomic E-state index is 10.9. The smallest absolute Gasteiger partial charge is 0.107 e. The summed E-state index contributed by atoms with van der Waals surface area (Å²) >= 11 is 3.52. The van der Waals surface area contributed by atoms with E-state index in [0.717, 1.165) is 48.8 Å². The number of halogens is 1. The second-order valence-corrected chi connectivity index (χ2v) is 5.45. The van der Waals surface area contributed by atoms with Gasteiger partial charge in [0.2, 0.25) is 0 Å². The predicted molar refractivity (Wildman–Crippen MR) is 73.9 cm³/mol. The van der Waals surface area contributed by atoms with Crippen LogP contribution in [-0.2, 0) is 12.1 Å². The molecule has 1 rings (SSSR count). The van der Waals surface area contributed by atoms with Gasteiger partial charge in [-0.3, -0.25) is 4.68 Å². The van der Waals surface area contributed by atoms with Gasteiger partial charge in [-0.2, -0.15) is 5.10 Å². The molecule has 0 bridgehead atoms. The van der Waals surface area contributed by atoms with Crippen LogP contribution in [0.3, 0.4) is 0 Å². The van der Waals surface area contributed by atoms with Gasteiger partial charge < -0.3 is 5.11 Å². The average molecular weight is 303 g/mol. The van der Waals surface area contributed by atoms with Crippen LogP contribution in [0.4, 0.5) is 0 Å². The van der Waals surface area contributed by atoms with Gasteiger partial charge in [0.15, 0.2) is 0 Å². The number of hydrogen-bond donors (Lipinski definition) is 1. The molecule has 0 unspecified atom stereocenters. The minimum Gasteiger partial charge on any atom is -0.384 e. The number of aromatic nitrogens is 2. The third-order valence-electron chi connectivity index (χ3n) is 3.00. The summed E-state index contributed by atoms with van der Waals surface area (Å²) in [5, 5.41) is 15.2. The molecule has 1 aromatic heterocycles. The van der Waals surface area contributed by atoms with Gasteiger partial charge in [-0.15, -0.1) is 0 Å². The SMILES string of the molecule is CCCn1ncc(Br)c1C(O)(CCC)CCC. The highest BCUT2D eigenvalue weighted by atomic mass is 79.9. The summed E-state index contributed by atoms with van der Waals surface area (Å²) in [4.78, 5) is 0. The van der Waals surface area contributed by atoms with E-state index < -0.39 is 5.60 Å². The van der Waals surface area contributed by atoms with Gasteiger partial charge in [-0.05, 0) is 35.2 Å². The fraction of sp³-hybridized carbons (Fsp3) is 0.769. The van der Waals surface area contributed by atoms with Crippen LogP contribution in [0.1, 0.15) is 58.6 Å². The van der Waals surface area contributed by atoms with Crippen LogP contribution in [0.5, 0.6) is 0 Å². The standard InChI is InChI=1S/C13H23BrN2O/c1-4-7-13(17,8-5-2)12-11(14)10-15-16(12)9-6-3/h10,17H,4-9H2,1-3H3. The molecule has 17 heavy (non-hydrogen) atoms. The first-order valence-electron chi connectivity index (χ1n) is 6.53. The molecular weight excluding hydrogens is 280 g/mol. The van der Waals surface area contributed by atoms with E-state index in [-0.39, 0.29) is 0 Å². The molecule has 0 radical (unpaired) electrons. The van der Waals surface area contributed by atoms with Crippen LogP contribution >= 0.6 is 15.9 Å². The summed E-state index contributed by atoms with van der Waals surface area (Å²) in [7, 11) is 0. The first kappa shape index (κ1) is 14.7. The number of hydrogen-bond acceptors (Lipinski definition) is 2. The Morgan fingerprint density at radius 3 is 2.29 bits per heavy atom. The van der Waals surface area contributed by atoms with Gasteiger partial charge in [-0.1, -0.05) is 33.6 Å². The first-order valence-corrected chi connectivity index (χ1v) is 7.32. The third kappa shape index (κ3) is 3.32. The topological polar surface area (TPSA) is 38.0 Å². The van der Waals surface area contributed by atoms with Crippen LogP contribution < -0.4 is 0 Å². The maximum atomic E-state index is 10.9. The monoisotopic (exact) mass is 302 g/mol. The molecule has 4 heteroatoms. The predicted octanol–water partition coefficient (Wildman–Crippen LogP) is 3.84. The van der Waals surface area contributed by atoms with Crippen molar-refractivity contribution in [2.24, 2.45) is 0 Å². The molecule has 0 spiro atoms. The van der Waals surface area contributed by atoms with Gasteiger partial charge in [0.25, 0.3) is 0 Å². The zero-order valence-corrected chi connectivity index (χ0v) is 12.6. The van der Waals surface area contributed by atoms with E-state index in [4.69, 9.17) is 0 Å². The van der Waals surface area contributed by atoms with Crippen molar-refractivity contribution in [3.05, 3.63) is 16.4 Å². The van der Waals surface area contributed by atoms with Crippen LogP contribution in [-0.4, -0.2) is 14.9 Å². The van der Waals surface area contributed by atoms with Gasteiger partial charge in [0, 0.05) is 6.54 Å². The summed E-state index contributed by atoms with van der Waals surface area (Å²) in [6.45, 7) is 7.19. The Kier molecular flexibility index (Phi) is 5.67. The molecule has 3 nitrogen and oxygen atoms in total. The molecule has 98 valence electrons. The molecule has 1 N–H and O–H groups in total. The highest BCUT2D eigenvalue weighted by Crippen LogP contribution is 2.36. The lowest BCUT2D eigenvalue weighted by Gasteiger charge is -2.29. The Bertz CT molecular complexity index is 343. The minimum absolute atomic E-state index is 0.742. The fourth-order valence-corrected chi connectivity index (χ4v) is 3.06. The minimum atomic E-state index is -0.742. The highest BCUT2D eigenvalue weighted by molar-refractivity contribution is 9.10. The molecule has 0 saturated carbocycles. The number of aryl methyl sites for hydroxylation is 1. The van der Waals surface area contributed by atoms with Crippen molar-refractivity contribution >= 4 is 15.9 Å². The fourth-order valence-electron chi connectivity index (χ4n) is 2.40. The van der Waals surface area contributed by atoms with Gasteiger partial charge >= 0.3 is 0 Å². The van der Waals surface area contributed by atoms with Crippen molar-refractivity contribution in [2.45, 2.75) is 65.0 Å². The largest absolute Gasteiger partial charge is 0.384 e. The zero-order chi connectivity index (χ0) is 12.9. The van der Waals surface area contributed by atoms with Crippen LogP contribution in [0, 0.1) is 0 Å². The van der Waals surface area contributed by atoms with E-state index in [1.165, 1.54) is 0 Å². The van der Waals surface area contributed by atoms with Crippen molar-refractivity contribution in [1.82, 2.24) is 9.78 Å². The molecule has 0 atom stereocenters. The molecule has 0 aromatic carbocycles. The molecule has 0 aliphatic carbocycles. The van der Waals surface area contributed by atoms with Gasteiger partial charge in [0.1, 0.15) is 5.60 Å². The summed E-state index contributed by atoms with van der Waals surface area (Å²) in [5.41, 5.74) is 0.205. The van der Waals surface area contributed by atoms with E-state index in [1.54, 1.807) is 6.20 Å². The van der Waals surface area contributed by atoms with E-state index in [0.29, 0.717) is 0 Å². The number of aliphatic hydroxyl groups is 1. The van der Waals surface area contributed by atoms with Crippen LogP contribution in [0.15, 0.2) is 10.7 Å². The maximum Gasteiger partial charge on any atom is 0.107 e. The van der Waals surface area contributed by atoms with Crippen molar-refractivity contribution in [3.63, 3.8) is 0 Å². The molecule has 0 fully saturated rings. The van der Waals surface area contributed by atoms with Gasteiger partial charge in [-0.25, -0.2) is 0 Å². The molecule has 0 amide bonds. The summed E-state index contributed by atoms with van der Waals surface area (Å²) in [5.74, 6) is 0. The first-order chi connectivity index (χ1) is 8.09. The summed E-state index contributed by atoms with van der Waals surface area (Å²) in [6.07, 6.45) is 6.33. The lowest BCUT2D eigenvalue weighted by molar-refractivity contribution is 0.00744. The van der Waals surface area contributed by atoms with E-state index in [2.05, 4.69) is 41.8 Å². The Labute approximate surface area is 112 Å². The Hall–Kier alpha value is -0.350. The van der Waals surface area contributed by atoms with Crippen LogP contribution in [0.2, 0.25) is 0 Å². The quantitative estimate of drug-likeness (QED) is 0.831. The summed E-state index contributed by atoms with van der Waals surface area (Å²) < 4.78 is 2.87. The zero-order valence-electron chi connectivity index (χ0n) is 11.0. The van der Waals surface area contributed by atoms with E-state index in [1.807, 2.05) is 4.68 Å². The van der Waals surface area contributed by atoms with Crippen molar-refractivity contribution < 1.29 is 5.11 Å². The highest BCUT2D eigenvalue weighted by Gasteiger charge is 2.33. The van der Waals surface area contributed by atoms with Crippen molar-refractivity contribution in [2.75, 3.05) is 0 Å². The normalized spacial score (nSPS) is 12.1. The Balaban J connectivity index is 3.11. The second kappa shape index (κ2) is 6.55. The molecule has 0 aliphatic heterocycles. The number of nitrogens with zero attached hydrogens (tertiary/aromatic N) is 2. The Morgan fingerprint density at radius 1 is 1.24 bits per heavy atom. The molecule has 0 saturated heterocycles. The molecular formula is C13H23BrN2O. The molecule has 0 aliphatic rings. The average Bonchev–Trinajstić information content (AvgIpc) is 2.61. The molecule has 1 aromatic rings. The lowest BCUT2D eigenvalue weighted by atomic mass is 9.89. The van der Waals surface area contributed by atoms with Crippen LogP contribution in [0.25, 0.3) is 0 Å². The van der Waals surface area contributed by atoms with E-state index >= 15 is 0 Å². The Morgan fingerprint density at radius 2 is 1.82 bits per heavy atom. The summed E-state index contributed by atoms with van der Waals surface area (Å²) in [6, 6.07) is 0. The number of rotatable bonds is 7. The third-order valence-corrected chi connectivity index (χ3v) is 3.58. The van der Waals surface area contributed by atoms with E-state index in [9.17, 15) is 5.11 Å². The van der Waals surface area contributed by atoms with Crippen molar-refractivity contribution in [3.8, 4) is 0 Å². The van der Waals surface area contributed by atoms with Crippen molar-refractivity contribution in [1.29, 1.82) is 0 Å².